The van der Waals surface area contributed by atoms with E-state index >= 15 is 0 Å². The number of carbonyl (C=O) groups is 1. The van der Waals surface area contributed by atoms with Crippen molar-refractivity contribution in [2.24, 2.45) is 0 Å². The van der Waals surface area contributed by atoms with Crippen LogP contribution in [-0.4, -0.2) is 15.8 Å². The number of halogens is 1. The number of imidazole rings is 1. The molecule has 0 aliphatic rings. The van der Waals surface area contributed by atoms with Gasteiger partial charge in [0.1, 0.15) is 5.82 Å². The highest BCUT2D eigenvalue weighted by molar-refractivity contribution is 9.10. The molecule has 1 N–H and O–H groups in total. The molecule has 0 atom stereocenters. The number of nitrogens with one attached hydrogen (secondary N) is 1. The van der Waals surface area contributed by atoms with Crippen molar-refractivity contribution in [2.45, 2.75) is 0 Å². The smallest absolute Gasteiger partial charge is 0.185 e. The summed E-state index contributed by atoms with van der Waals surface area (Å²) < 4.78 is 0.957. The molecule has 0 bridgehead atoms. The summed E-state index contributed by atoms with van der Waals surface area (Å²) in [6.07, 6.45) is 6.51. The van der Waals surface area contributed by atoms with Gasteiger partial charge in [0.2, 0.25) is 0 Å². The number of nitrogens with zero attached hydrogens (tertiary/aromatic N) is 1. The molecule has 0 saturated heterocycles. The van der Waals surface area contributed by atoms with E-state index in [0.29, 0.717) is 11.4 Å². The van der Waals surface area contributed by atoms with Crippen molar-refractivity contribution in [1.82, 2.24) is 9.97 Å². The maximum atomic E-state index is 11.7. The highest BCUT2D eigenvalue weighted by Crippen LogP contribution is 2.11. The Bertz CT molecular complexity index is 500. The minimum atomic E-state index is -0.0381. The van der Waals surface area contributed by atoms with Crippen molar-refractivity contribution < 1.29 is 4.79 Å². The van der Waals surface area contributed by atoms with Crippen LogP contribution in [0.25, 0.3) is 6.08 Å². The standard InChI is InChI=1S/C12H9BrN2O/c13-10-3-1-9(2-4-10)11(16)5-6-12-14-7-8-15-12/h1-8H,(H,14,15)/b6-5+. The van der Waals surface area contributed by atoms with Gasteiger partial charge in [0.15, 0.2) is 5.78 Å². The van der Waals surface area contributed by atoms with Crippen LogP contribution in [-0.2, 0) is 0 Å². The lowest BCUT2D eigenvalue weighted by Crippen LogP contribution is -1.93. The van der Waals surface area contributed by atoms with Gasteiger partial charge in [0.25, 0.3) is 0 Å². The molecule has 1 heterocycles. The Morgan fingerprint density at radius 1 is 1.31 bits per heavy atom. The number of benzene rings is 1. The molecule has 3 nitrogen and oxygen atoms in total. The molecule has 0 saturated carbocycles. The lowest BCUT2D eigenvalue weighted by Gasteiger charge is -1.95. The summed E-state index contributed by atoms with van der Waals surface area (Å²) in [6, 6.07) is 7.24. The van der Waals surface area contributed by atoms with Crippen LogP contribution in [0.4, 0.5) is 0 Å². The third-order valence-corrected chi connectivity index (χ3v) is 2.57. The number of ketones is 1. The number of allylic oxidation sites excluding steroid dienone is 1. The number of aromatic amines is 1. The van der Waals surface area contributed by atoms with E-state index in [-0.39, 0.29) is 5.78 Å². The summed E-state index contributed by atoms with van der Waals surface area (Å²) in [5.74, 6) is 0.634. The molecular weight excluding hydrogens is 268 g/mol. The fourth-order valence-electron chi connectivity index (χ4n) is 1.23. The van der Waals surface area contributed by atoms with Crippen molar-refractivity contribution in [3.63, 3.8) is 0 Å². The van der Waals surface area contributed by atoms with Crippen LogP contribution >= 0.6 is 15.9 Å². The zero-order valence-corrected chi connectivity index (χ0v) is 9.94. The largest absolute Gasteiger partial charge is 0.345 e. The minimum absolute atomic E-state index is 0.0381. The number of H-pyrrole nitrogens is 1. The Labute approximate surface area is 101 Å². The van der Waals surface area contributed by atoms with Gasteiger partial charge in [0, 0.05) is 22.4 Å². The van der Waals surface area contributed by atoms with Crippen LogP contribution in [0.3, 0.4) is 0 Å². The average molecular weight is 277 g/mol. The quantitative estimate of drug-likeness (QED) is 0.692. The second-order valence-electron chi connectivity index (χ2n) is 3.18. The summed E-state index contributed by atoms with van der Waals surface area (Å²) >= 11 is 3.32. The highest BCUT2D eigenvalue weighted by Gasteiger charge is 2.00. The van der Waals surface area contributed by atoms with Gasteiger partial charge < -0.3 is 4.98 Å². The van der Waals surface area contributed by atoms with Gasteiger partial charge in [-0.1, -0.05) is 15.9 Å². The van der Waals surface area contributed by atoms with E-state index in [0.717, 1.165) is 4.47 Å². The molecule has 0 radical (unpaired) electrons. The Morgan fingerprint density at radius 3 is 2.69 bits per heavy atom. The minimum Gasteiger partial charge on any atom is -0.345 e. The first-order valence-electron chi connectivity index (χ1n) is 4.73. The first-order valence-corrected chi connectivity index (χ1v) is 5.52. The maximum Gasteiger partial charge on any atom is 0.185 e. The number of hydrogen-bond donors (Lipinski definition) is 1. The average Bonchev–Trinajstić information content (AvgIpc) is 2.80. The summed E-state index contributed by atoms with van der Waals surface area (Å²) in [5.41, 5.74) is 0.658. The van der Waals surface area contributed by atoms with Gasteiger partial charge in [-0.3, -0.25) is 4.79 Å². The molecule has 16 heavy (non-hydrogen) atoms. The lowest BCUT2D eigenvalue weighted by molar-refractivity contribution is 0.104. The number of rotatable bonds is 3. The SMILES string of the molecule is O=C(/C=C/c1ncc[nH]1)c1ccc(Br)cc1. The molecule has 0 unspecified atom stereocenters. The van der Waals surface area contributed by atoms with Crippen LogP contribution in [0.15, 0.2) is 47.2 Å². The molecular formula is C12H9BrN2O. The zero-order valence-electron chi connectivity index (χ0n) is 8.35. The molecule has 2 aromatic rings. The molecule has 0 spiro atoms. The summed E-state index contributed by atoms with van der Waals surface area (Å²) in [5, 5.41) is 0. The van der Waals surface area contributed by atoms with Crippen LogP contribution in [0, 0.1) is 0 Å². The molecule has 0 aliphatic carbocycles. The number of hydrogen-bond acceptors (Lipinski definition) is 2. The van der Waals surface area contributed by atoms with E-state index in [1.807, 2.05) is 12.1 Å². The predicted molar refractivity (Wildman–Crippen MR) is 66.1 cm³/mol. The Hall–Kier alpha value is -1.68. The number of aromatic nitrogens is 2. The first-order chi connectivity index (χ1) is 7.75. The van der Waals surface area contributed by atoms with Gasteiger partial charge in [-0.2, -0.15) is 0 Å². The highest BCUT2D eigenvalue weighted by atomic mass is 79.9. The van der Waals surface area contributed by atoms with Crippen molar-refractivity contribution in [3.8, 4) is 0 Å². The summed E-state index contributed by atoms with van der Waals surface area (Å²) in [6.45, 7) is 0. The topological polar surface area (TPSA) is 45.8 Å². The van der Waals surface area contributed by atoms with Gasteiger partial charge >= 0.3 is 0 Å². The molecule has 1 aromatic carbocycles. The van der Waals surface area contributed by atoms with Crippen LogP contribution in [0.2, 0.25) is 0 Å². The fourth-order valence-corrected chi connectivity index (χ4v) is 1.50. The Morgan fingerprint density at radius 2 is 2.06 bits per heavy atom. The van der Waals surface area contributed by atoms with E-state index in [9.17, 15) is 4.79 Å². The van der Waals surface area contributed by atoms with E-state index in [1.165, 1.54) is 6.08 Å². The van der Waals surface area contributed by atoms with Crippen molar-refractivity contribution in [1.29, 1.82) is 0 Å². The molecule has 0 fully saturated rings. The maximum absolute atomic E-state index is 11.7. The lowest BCUT2D eigenvalue weighted by atomic mass is 10.1. The second kappa shape index (κ2) is 4.90. The van der Waals surface area contributed by atoms with Gasteiger partial charge in [0.05, 0.1) is 0 Å². The monoisotopic (exact) mass is 276 g/mol. The van der Waals surface area contributed by atoms with Crippen LogP contribution < -0.4 is 0 Å². The van der Waals surface area contributed by atoms with Gasteiger partial charge in [-0.05, 0) is 36.4 Å². The molecule has 80 valence electrons. The van der Waals surface area contributed by atoms with Gasteiger partial charge in [-0.15, -0.1) is 0 Å². The molecule has 4 heteroatoms. The molecule has 2 rings (SSSR count). The predicted octanol–water partition coefficient (Wildman–Crippen LogP) is 3.07. The second-order valence-corrected chi connectivity index (χ2v) is 4.09. The van der Waals surface area contributed by atoms with Crippen LogP contribution in [0.1, 0.15) is 16.2 Å². The first kappa shape index (κ1) is 10.8. The Balaban J connectivity index is 2.11. The summed E-state index contributed by atoms with van der Waals surface area (Å²) in [4.78, 5) is 18.6. The van der Waals surface area contributed by atoms with Crippen molar-refractivity contribution >= 4 is 27.8 Å². The van der Waals surface area contributed by atoms with Crippen molar-refractivity contribution in [3.05, 3.63) is 58.6 Å². The van der Waals surface area contributed by atoms with E-state index in [4.69, 9.17) is 0 Å². The fraction of sp³-hybridized carbons (Fsp3) is 0. The summed E-state index contributed by atoms with van der Waals surface area (Å²) in [7, 11) is 0. The van der Waals surface area contributed by atoms with Gasteiger partial charge in [-0.25, -0.2) is 4.98 Å². The van der Waals surface area contributed by atoms with E-state index < -0.39 is 0 Å². The van der Waals surface area contributed by atoms with E-state index in [1.54, 1.807) is 30.6 Å². The molecule has 1 aromatic heterocycles. The van der Waals surface area contributed by atoms with E-state index in [2.05, 4.69) is 25.9 Å². The third kappa shape index (κ3) is 2.67. The molecule has 0 amide bonds. The number of carbonyl (C=O) groups excluding carboxylic acids is 1. The molecule has 0 aliphatic heterocycles. The van der Waals surface area contributed by atoms with Crippen LogP contribution in [0.5, 0.6) is 0 Å². The normalized spacial score (nSPS) is 10.8. The van der Waals surface area contributed by atoms with Crippen molar-refractivity contribution in [2.75, 3.05) is 0 Å². The zero-order chi connectivity index (χ0) is 11.4. The Kier molecular flexibility index (Phi) is 3.31. The third-order valence-electron chi connectivity index (χ3n) is 2.04.